The fourth-order valence-electron chi connectivity index (χ4n) is 6.42. The maximum atomic E-state index is 5.89. The third-order valence-electron chi connectivity index (χ3n) is 6.94. The van der Waals surface area contributed by atoms with Gasteiger partial charge in [0.1, 0.15) is 5.75 Å². The molecule has 4 aliphatic carbocycles. The number of aryl methyl sites for hydroxylation is 1. The Morgan fingerprint density at radius 2 is 1.62 bits per heavy atom. The molecule has 6 rings (SSSR count). The Morgan fingerprint density at radius 3 is 2.21 bits per heavy atom. The average Bonchev–Trinajstić information content (AvgIpc) is 2.53. The second-order valence-electron chi connectivity index (χ2n) is 8.48. The van der Waals surface area contributed by atoms with E-state index in [0.717, 1.165) is 23.5 Å². The van der Waals surface area contributed by atoms with E-state index in [1.165, 1.54) is 60.4 Å². The van der Waals surface area contributed by atoms with Crippen LogP contribution in [0, 0.1) is 30.7 Å². The van der Waals surface area contributed by atoms with Crippen LogP contribution in [0.3, 0.4) is 0 Å². The van der Waals surface area contributed by atoms with E-state index in [4.69, 9.17) is 4.74 Å². The van der Waals surface area contributed by atoms with Gasteiger partial charge in [-0.25, -0.2) is 0 Å². The zero-order valence-corrected chi connectivity index (χ0v) is 17.6. The monoisotopic (exact) mass is 394 g/mol. The van der Waals surface area contributed by atoms with Crippen molar-refractivity contribution in [3.05, 3.63) is 41.5 Å². The number of fused-ring (bicyclic) bond motifs is 1. The smallest absolute Gasteiger partial charge is 0.497 e. The van der Waals surface area contributed by atoms with Crippen LogP contribution in [0.2, 0.25) is 0 Å². The molecule has 4 bridgehead atoms. The van der Waals surface area contributed by atoms with Crippen molar-refractivity contribution >= 4 is 10.8 Å². The summed E-state index contributed by atoms with van der Waals surface area (Å²) in [6.07, 6.45) is 8.62. The second-order valence-corrected chi connectivity index (χ2v) is 8.48. The molecule has 0 atom stereocenters. The first kappa shape index (κ1) is 17.0. The van der Waals surface area contributed by atoms with Gasteiger partial charge in [0.15, 0.2) is 0 Å². The molecule has 24 heavy (non-hydrogen) atoms. The molecule has 4 fully saturated rings. The molecule has 0 aliphatic heterocycles. The van der Waals surface area contributed by atoms with E-state index in [-0.39, 0.29) is 32.7 Å². The molecule has 2 aromatic rings. The summed E-state index contributed by atoms with van der Waals surface area (Å²) in [5.74, 6) is 4.01. The van der Waals surface area contributed by atoms with E-state index in [0.29, 0.717) is 5.41 Å². The molecule has 0 heterocycles. The Hall–Kier alpha value is -0.396. The molecular formula is C22H25OY+2. The predicted octanol–water partition coefficient (Wildman–Crippen LogP) is 5.42. The van der Waals surface area contributed by atoms with E-state index >= 15 is 0 Å². The Morgan fingerprint density at radius 1 is 1.00 bits per heavy atom. The van der Waals surface area contributed by atoms with Gasteiger partial charge in [0, 0.05) is 0 Å². The minimum absolute atomic E-state index is 0. The molecule has 4 saturated carbocycles. The third-order valence-corrected chi connectivity index (χ3v) is 6.94. The number of rotatable bonds is 2. The summed E-state index contributed by atoms with van der Waals surface area (Å²) in [5.41, 5.74) is 3.17. The maximum absolute atomic E-state index is 5.89. The van der Waals surface area contributed by atoms with Crippen molar-refractivity contribution in [3.63, 3.8) is 0 Å². The third kappa shape index (κ3) is 2.50. The SMILES string of the molecule is COc1cc2c(C)c[c-]cc2cc1C12CC3CC(CC(C3)C1)C2.[Y+3]. The molecule has 0 unspecified atom stereocenters. The van der Waals surface area contributed by atoms with Crippen LogP contribution >= 0.6 is 0 Å². The molecule has 2 heteroatoms. The van der Waals surface area contributed by atoms with Gasteiger partial charge in [0.2, 0.25) is 0 Å². The molecule has 120 valence electrons. The normalized spacial score (nSPS) is 33.5. The molecule has 0 aromatic heterocycles. The first-order chi connectivity index (χ1) is 11.2. The van der Waals surface area contributed by atoms with Crippen molar-refractivity contribution in [1.82, 2.24) is 0 Å². The summed E-state index contributed by atoms with van der Waals surface area (Å²) < 4.78 is 5.89. The van der Waals surface area contributed by atoms with Gasteiger partial charge in [-0.3, -0.25) is 0 Å². The van der Waals surface area contributed by atoms with Gasteiger partial charge < -0.3 is 4.74 Å². The van der Waals surface area contributed by atoms with Gasteiger partial charge in [0.05, 0.1) is 7.11 Å². The average molecular weight is 394 g/mol. The Balaban J connectivity index is 0.00000146. The molecule has 4 aliphatic rings. The minimum atomic E-state index is 0. The summed E-state index contributed by atoms with van der Waals surface area (Å²) in [5, 5.41) is 2.64. The summed E-state index contributed by atoms with van der Waals surface area (Å²) in [4.78, 5) is 0. The summed E-state index contributed by atoms with van der Waals surface area (Å²) >= 11 is 0. The Labute approximate surface area is 170 Å². The first-order valence-electron chi connectivity index (χ1n) is 9.16. The fraction of sp³-hybridized carbons (Fsp3) is 0.545. The van der Waals surface area contributed by atoms with Crippen LogP contribution in [-0.4, -0.2) is 7.11 Å². The van der Waals surface area contributed by atoms with Gasteiger partial charge in [-0.15, -0.1) is 16.8 Å². The fourth-order valence-corrected chi connectivity index (χ4v) is 6.42. The second kappa shape index (κ2) is 6.10. The van der Waals surface area contributed by atoms with Crippen LogP contribution in [0.25, 0.3) is 10.8 Å². The van der Waals surface area contributed by atoms with Crippen LogP contribution < -0.4 is 4.74 Å². The topological polar surface area (TPSA) is 9.23 Å². The Kier molecular flexibility index (Phi) is 4.33. The molecule has 0 saturated heterocycles. The van der Waals surface area contributed by atoms with Crippen molar-refractivity contribution in [2.45, 2.75) is 50.9 Å². The number of ether oxygens (including phenoxy) is 1. The predicted molar refractivity (Wildman–Crippen MR) is 93.9 cm³/mol. The molecule has 0 amide bonds. The van der Waals surface area contributed by atoms with Crippen LogP contribution in [0.4, 0.5) is 0 Å². The largest absolute Gasteiger partial charge is 3.00 e. The molecule has 2 aromatic carbocycles. The summed E-state index contributed by atoms with van der Waals surface area (Å²) in [6, 6.07) is 12.2. The zero-order chi connectivity index (χ0) is 15.6. The molecule has 0 radical (unpaired) electrons. The van der Waals surface area contributed by atoms with Crippen molar-refractivity contribution in [2.75, 3.05) is 7.11 Å². The van der Waals surface area contributed by atoms with E-state index in [9.17, 15) is 0 Å². The zero-order valence-electron chi connectivity index (χ0n) is 14.8. The van der Waals surface area contributed by atoms with E-state index in [1.807, 2.05) is 7.11 Å². The summed E-state index contributed by atoms with van der Waals surface area (Å²) in [6.45, 7) is 2.17. The van der Waals surface area contributed by atoms with Gasteiger partial charge in [-0.1, -0.05) is 6.92 Å². The quantitative estimate of drug-likeness (QED) is 0.618. The van der Waals surface area contributed by atoms with E-state index < -0.39 is 0 Å². The Bertz CT molecular complexity index is 744. The standard InChI is InChI=1S/C22H25O.Y/c1-14-4-3-5-18-9-20(21(23-2)10-19(14)18)22-11-15-6-16(12-22)8-17(7-15)13-22;/h4-5,9-10,15-17H,6-8,11-13H2,1-2H3;/q-1;+3. The molecule has 1 nitrogen and oxygen atoms in total. The maximum Gasteiger partial charge on any atom is 3.00 e. The van der Waals surface area contributed by atoms with Crippen LogP contribution in [0.5, 0.6) is 5.75 Å². The molecular weight excluding hydrogens is 369 g/mol. The van der Waals surface area contributed by atoms with Gasteiger partial charge in [-0.2, -0.15) is 23.8 Å². The van der Waals surface area contributed by atoms with Crippen molar-refractivity contribution in [2.24, 2.45) is 17.8 Å². The van der Waals surface area contributed by atoms with E-state index in [2.05, 4.69) is 37.3 Å². The summed E-state index contributed by atoms with van der Waals surface area (Å²) in [7, 11) is 1.84. The molecule has 0 N–H and O–H groups in total. The van der Waals surface area contributed by atoms with Gasteiger partial charge in [-0.05, 0) is 73.3 Å². The van der Waals surface area contributed by atoms with Crippen molar-refractivity contribution < 1.29 is 37.4 Å². The van der Waals surface area contributed by atoms with Crippen LogP contribution in [0.1, 0.15) is 49.7 Å². The van der Waals surface area contributed by atoms with Crippen LogP contribution in [-0.2, 0) is 38.1 Å². The number of hydrogen-bond acceptors (Lipinski definition) is 1. The number of methoxy groups -OCH3 is 1. The minimum Gasteiger partial charge on any atom is -0.497 e. The molecule has 0 spiro atoms. The van der Waals surface area contributed by atoms with Crippen molar-refractivity contribution in [1.29, 1.82) is 0 Å². The number of hydrogen-bond donors (Lipinski definition) is 0. The first-order valence-corrected chi connectivity index (χ1v) is 9.16. The van der Waals surface area contributed by atoms with E-state index in [1.54, 1.807) is 0 Å². The van der Waals surface area contributed by atoms with Crippen LogP contribution in [0.15, 0.2) is 24.3 Å². The van der Waals surface area contributed by atoms with Crippen molar-refractivity contribution in [3.8, 4) is 5.75 Å². The number of benzene rings is 2. The van der Waals surface area contributed by atoms with Gasteiger partial charge in [0.25, 0.3) is 0 Å². The van der Waals surface area contributed by atoms with Gasteiger partial charge >= 0.3 is 32.7 Å².